The Morgan fingerprint density at radius 1 is 1.27 bits per heavy atom. The molecule has 0 aliphatic carbocycles. The Balaban J connectivity index is 2.48. The van der Waals surface area contributed by atoms with Crippen LogP contribution in [0.4, 0.5) is 0 Å². The van der Waals surface area contributed by atoms with Crippen molar-refractivity contribution >= 4 is 11.9 Å². The normalized spacial score (nSPS) is 11.6. The number of carboxylic acid groups (broad SMARTS) is 1. The standard InChI is InChI=1S/C16H23NO5/c1-11(8-16(19)20)10-17-15(18)7-4-12-9-13(21-2)5-6-14(12)22-3/h5-6,9,11H,4,7-8,10H2,1-3H3,(H,17,18)(H,19,20). The van der Waals surface area contributed by atoms with E-state index in [4.69, 9.17) is 14.6 Å². The van der Waals surface area contributed by atoms with Gasteiger partial charge < -0.3 is 19.9 Å². The molecule has 1 atom stereocenters. The number of benzene rings is 1. The first kappa shape index (κ1) is 17.8. The monoisotopic (exact) mass is 309 g/mol. The summed E-state index contributed by atoms with van der Waals surface area (Å²) in [6.45, 7) is 2.15. The second kappa shape index (κ2) is 8.92. The van der Waals surface area contributed by atoms with E-state index in [1.807, 2.05) is 6.07 Å². The highest BCUT2D eigenvalue weighted by atomic mass is 16.5. The third-order valence-electron chi connectivity index (χ3n) is 3.28. The van der Waals surface area contributed by atoms with Gasteiger partial charge in [0.05, 0.1) is 14.2 Å². The Morgan fingerprint density at radius 3 is 2.59 bits per heavy atom. The molecule has 2 N–H and O–H groups in total. The first-order chi connectivity index (χ1) is 10.5. The number of methoxy groups -OCH3 is 2. The van der Waals surface area contributed by atoms with Gasteiger partial charge in [-0.1, -0.05) is 6.92 Å². The van der Waals surface area contributed by atoms with E-state index in [9.17, 15) is 9.59 Å². The Kier molecular flexibility index (Phi) is 7.22. The zero-order valence-electron chi connectivity index (χ0n) is 13.2. The molecule has 1 amide bonds. The summed E-state index contributed by atoms with van der Waals surface area (Å²) in [5, 5.41) is 11.4. The minimum absolute atomic E-state index is 0.0456. The summed E-state index contributed by atoms with van der Waals surface area (Å²) in [6, 6.07) is 5.45. The number of aliphatic carboxylic acids is 1. The smallest absolute Gasteiger partial charge is 0.303 e. The van der Waals surface area contributed by atoms with Crippen LogP contribution in [-0.2, 0) is 16.0 Å². The van der Waals surface area contributed by atoms with Crippen molar-refractivity contribution in [2.24, 2.45) is 5.92 Å². The van der Waals surface area contributed by atoms with Crippen LogP contribution >= 0.6 is 0 Å². The molecule has 6 nitrogen and oxygen atoms in total. The topological polar surface area (TPSA) is 84.9 Å². The molecule has 0 saturated heterocycles. The predicted octanol–water partition coefficient (Wildman–Crippen LogP) is 1.86. The molecule has 0 aromatic heterocycles. The van der Waals surface area contributed by atoms with Gasteiger partial charge in [-0.2, -0.15) is 0 Å². The highest BCUT2D eigenvalue weighted by Crippen LogP contribution is 2.25. The van der Waals surface area contributed by atoms with Crippen molar-refractivity contribution in [3.63, 3.8) is 0 Å². The maximum atomic E-state index is 11.8. The second-order valence-electron chi connectivity index (χ2n) is 5.18. The number of hydrogen-bond donors (Lipinski definition) is 2. The predicted molar refractivity (Wildman–Crippen MR) is 82.3 cm³/mol. The molecule has 1 unspecified atom stereocenters. The third kappa shape index (κ3) is 6.03. The SMILES string of the molecule is COc1ccc(OC)c(CCC(=O)NCC(C)CC(=O)O)c1. The highest BCUT2D eigenvalue weighted by molar-refractivity contribution is 5.76. The van der Waals surface area contributed by atoms with E-state index in [1.54, 1.807) is 33.3 Å². The number of carbonyl (C=O) groups excluding carboxylic acids is 1. The van der Waals surface area contributed by atoms with Crippen LogP contribution < -0.4 is 14.8 Å². The van der Waals surface area contributed by atoms with Crippen LogP contribution in [-0.4, -0.2) is 37.7 Å². The van der Waals surface area contributed by atoms with E-state index < -0.39 is 5.97 Å². The fourth-order valence-corrected chi connectivity index (χ4v) is 2.07. The van der Waals surface area contributed by atoms with Crippen molar-refractivity contribution < 1.29 is 24.2 Å². The molecule has 0 radical (unpaired) electrons. The maximum absolute atomic E-state index is 11.8. The van der Waals surface area contributed by atoms with Crippen molar-refractivity contribution in [3.8, 4) is 11.5 Å². The van der Waals surface area contributed by atoms with Gasteiger partial charge in [-0.3, -0.25) is 9.59 Å². The number of amides is 1. The average Bonchev–Trinajstić information content (AvgIpc) is 2.49. The Morgan fingerprint density at radius 2 is 2.00 bits per heavy atom. The van der Waals surface area contributed by atoms with Gasteiger partial charge in [-0.05, 0) is 36.1 Å². The van der Waals surface area contributed by atoms with Crippen LogP contribution in [0.5, 0.6) is 11.5 Å². The largest absolute Gasteiger partial charge is 0.497 e. The lowest BCUT2D eigenvalue weighted by molar-refractivity contribution is -0.138. The molecule has 122 valence electrons. The quantitative estimate of drug-likeness (QED) is 0.727. The molecule has 22 heavy (non-hydrogen) atoms. The van der Waals surface area contributed by atoms with Crippen LogP contribution in [0.1, 0.15) is 25.3 Å². The second-order valence-corrected chi connectivity index (χ2v) is 5.18. The zero-order chi connectivity index (χ0) is 16.5. The summed E-state index contributed by atoms with van der Waals surface area (Å²) in [4.78, 5) is 22.4. The Hall–Kier alpha value is -2.24. The number of aryl methyl sites for hydroxylation is 1. The van der Waals surface area contributed by atoms with Gasteiger partial charge in [0.15, 0.2) is 0 Å². The minimum Gasteiger partial charge on any atom is -0.497 e. The van der Waals surface area contributed by atoms with Crippen molar-refractivity contribution in [3.05, 3.63) is 23.8 Å². The van der Waals surface area contributed by atoms with E-state index >= 15 is 0 Å². The van der Waals surface area contributed by atoms with Gasteiger partial charge in [-0.25, -0.2) is 0 Å². The lowest BCUT2D eigenvalue weighted by Gasteiger charge is -2.12. The fraction of sp³-hybridized carbons (Fsp3) is 0.500. The molecular formula is C16H23NO5. The number of ether oxygens (including phenoxy) is 2. The number of hydrogen-bond acceptors (Lipinski definition) is 4. The van der Waals surface area contributed by atoms with Crippen LogP contribution in [0.25, 0.3) is 0 Å². The molecular weight excluding hydrogens is 286 g/mol. The minimum atomic E-state index is -0.858. The van der Waals surface area contributed by atoms with E-state index in [-0.39, 0.29) is 18.2 Å². The molecule has 1 rings (SSSR count). The molecule has 6 heteroatoms. The number of nitrogens with one attached hydrogen (secondary N) is 1. The molecule has 0 fully saturated rings. The zero-order valence-corrected chi connectivity index (χ0v) is 13.2. The van der Waals surface area contributed by atoms with Crippen molar-refractivity contribution in [2.75, 3.05) is 20.8 Å². The average molecular weight is 309 g/mol. The molecule has 0 bridgehead atoms. The lowest BCUT2D eigenvalue weighted by atomic mass is 10.1. The van der Waals surface area contributed by atoms with Gasteiger partial charge in [0.1, 0.15) is 11.5 Å². The van der Waals surface area contributed by atoms with Crippen molar-refractivity contribution in [1.82, 2.24) is 5.32 Å². The number of carboxylic acids is 1. The van der Waals surface area contributed by atoms with Crippen molar-refractivity contribution in [2.45, 2.75) is 26.2 Å². The van der Waals surface area contributed by atoms with E-state index in [1.165, 1.54) is 0 Å². The molecule has 0 heterocycles. The maximum Gasteiger partial charge on any atom is 0.303 e. The Labute approximate surface area is 130 Å². The molecule has 0 aliphatic heterocycles. The van der Waals surface area contributed by atoms with Crippen LogP contribution in [0, 0.1) is 5.92 Å². The fourth-order valence-electron chi connectivity index (χ4n) is 2.07. The van der Waals surface area contributed by atoms with Crippen molar-refractivity contribution in [1.29, 1.82) is 0 Å². The molecule has 0 spiro atoms. The summed E-state index contributed by atoms with van der Waals surface area (Å²) in [5.74, 6) is 0.372. The number of carbonyl (C=O) groups is 2. The van der Waals surface area contributed by atoms with Gasteiger partial charge in [0.2, 0.25) is 5.91 Å². The summed E-state index contributed by atoms with van der Waals surface area (Å²) in [5.41, 5.74) is 0.899. The first-order valence-corrected chi connectivity index (χ1v) is 7.15. The van der Waals surface area contributed by atoms with Crippen LogP contribution in [0.3, 0.4) is 0 Å². The summed E-state index contributed by atoms with van der Waals surface area (Å²) < 4.78 is 10.4. The van der Waals surface area contributed by atoms with E-state index in [0.29, 0.717) is 30.9 Å². The molecule has 1 aromatic rings. The molecule has 1 aromatic carbocycles. The van der Waals surface area contributed by atoms with Gasteiger partial charge in [0, 0.05) is 19.4 Å². The van der Waals surface area contributed by atoms with Gasteiger partial charge >= 0.3 is 5.97 Å². The number of rotatable bonds is 9. The van der Waals surface area contributed by atoms with Crippen LogP contribution in [0.15, 0.2) is 18.2 Å². The Bertz CT molecular complexity index is 515. The van der Waals surface area contributed by atoms with E-state index in [0.717, 1.165) is 5.56 Å². The molecule has 0 saturated carbocycles. The van der Waals surface area contributed by atoms with Gasteiger partial charge in [0.25, 0.3) is 0 Å². The summed E-state index contributed by atoms with van der Waals surface area (Å²) in [6.07, 6.45) is 0.882. The highest BCUT2D eigenvalue weighted by Gasteiger charge is 2.11. The van der Waals surface area contributed by atoms with E-state index in [2.05, 4.69) is 5.32 Å². The van der Waals surface area contributed by atoms with Crippen LogP contribution in [0.2, 0.25) is 0 Å². The van der Waals surface area contributed by atoms with Gasteiger partial charge in [-0.15, -0.1) is 0 Å². The summed E-state index contributed by atoms with van der Waals surface area (Å²) >= 11 is 0. The first-order valence-electron chi connectivity index (χ1n) is 7.15. The lowest BCUT2D eigenvalue weighted by Crippen LogP contribution is -2.29. The third-order valence-corrected chi connectivity index (χ3v) is 3.28. The summed E-state index contributed by atoms with van der Waals surface area (Å²) in [7, 11) is 3.17. The molecule has 0 aliphatic rings.